The average Bonchev–Trinajstić information content (AvgIpc) is 2.83. The molecule has 1 saturated heterocycles. The number of nitrogen functional groups attached to an aromatic ring is 1. The summed E-state index contributed by atoms with van der Waals surface area (Å²) < 4.78 is 19.0. The van der Waals surface area contributed by atoms with Crippen LogP contribution in [0.4, 0.5) is 15.8 Å². The fourth-order valence-corrected chi connectivity index (χ4v) is 4.36. The molecule has 1 atom stereocenters. The van der Waals surface area contributed by atoms with Gasteiger partial charge in [0.05, 0.1) is 0 Å². The summed E-state index contributed by atoms with van der Waals surface area (Å²) in [7, 11) is 0. The maximum Gasteiger partial charge on any atom is 0.123 e. The van der Waals surface area contributed by atoms with Crippen molar-refractivity contribution in [3.8, 4) is 5.75 Å². The summed E-state index contributed by atoms with van der Waals surface area (Å²) in [6.07, 6.45) is 0.249. The van der Waals surface area contributed by atoms with Crippen molar-refractivity contribution in [1.82, 2.24) is 4.90 Å². The van der Waals surface area contributed by atoms with Gasteiger partial charge >= 0.3 is 0 Å². The minimum absolute atomic E-state index is 0. The van der Waals surface area contributed by atoms with Crippen LogP contribution < -0.4 is 15.4 Å². The van der Waals surface area contributed by atoms with Crippen LogP contribution in [0.1, 0.15) is 22.3 Å². The van der Waals surface area contributed by atoms with Gasteiger partial charge in [0.1, 0.15) is 24.3 Å². The molecule has 5 nitrogen and oxygen atoms in total. The number of piperazine rings is 1. The van der Waals surface area contributed by atoms with Gasteiger partial charge in [0.15, 0.2) is 0 Å². The summed E-state index contributed by atoms with van der Waals surface area (Å²) in [6.45, 7) is 8.41. The van der Waals surface area contributed by atoms with Gasteiger partial charge in [0, 0.05) is 44.1 Å². The van der Waals surface area contributed by atoms with Crippen LogP contribution in [0, 0.1) is 19.7 Å². The van der Waals surface area contributed by atoms with E-state index in [2.05, 4.69) is 34.1 Å². The number of hydrogen-bond donors (Lipinski definition) is 2. The summed E-state index contributed by atoms with van der Waals surface area (Å²) in [6, 6.07) is 19.1. The van der Waals surface area contributed by atoms with Crippen LogP contribution in [0.25, 0.3) is 0 Å². The van der Waals surface area contributed by atoms with E-state index in [1.165, 1.54) is 23.4 Å². The minimum Gasteiger partial charge on any atom is -0.491 e. The quantitative estimate of drug-likeness (QED) is 0.352. The van der Waals surface area contributed by atoms with E-state index in [0.717, 1.165) is 60.7 Å². The zero-order chi connectivity index (χ0) is 24.1. The number of rotatable bonds is 8. The molecule has 0 bridgehead atoms. The molecule has 3 N–H and O–H groups in total. The van der Waals surface area contributed by atoms with Crippen molar-refractivity contribution in [2.75, 3.05) is 50.0 Å². The molecule has 1 aliphatic heterocycles. The Kier molecular flexibility index (Phi) is 13.5. The molecule has 0 aromatic heterocycles. The molecule has 204 valence electrons. The predicted molar refractivity (Wildman–Crippen MR) is 158 cm³/mol. The van der Waals surface area contributed by atoms with Gasteiger partial charge in [-0.25, -0.2) is 4.39 Å². The highest BCUT2D eigenvalue weighted by atomic mass is 35.5. The zero-order valence-corrected chi connectivity index (χ0v) is 23.7. The number of benzene rings is 3. The molecule has 0 aliphatic carbocycles. The summed E-state index contributed by atoms with van der Waals surface area (Å²) in [5, 5.41) is 10.5. The number of nitrogens with two attached hydrogens (primary N) is 1. The Morgan fingerprint density at radius 3 is 2.03 bits per heavy atom. The highest BCUT2D eigenvalue weighted by molar-refractivity contribution is 5.86. The van der Waals surface area contributed by atoms with Crippen molar-refractivity contribution in [3.05, 3.63) is 88.7 Å². The Labute approximate surface area is 238 Å². The van der Waals surface area contributed by atoms with E-state index >= 15 is 0 Å². The van der Waals surface area contributed by atoms with Gasteiger partial charge in [0.25, 0.3) is 0 Å². The lowest BCUT2D eigenvalue weighted by Crippen LogP contribution is -2.49. The Balaban J connectivity index is 0.00000228. The predicted octanol–water partition coefficient (Wildman–Crippen LogP) is 5.44. The molecule has 1 fully saturated rings. The summed E-state index contributed by atoms with van der Waals surface area (Å²) >= 11 is 0. The van der Waals surface area contributed by atoms with Gasteiger partial charge in [-0.3, -0.25) is 4.90 Å². The normalized spacial score (nSPS) is 14.1. The minimum atomic E-state index is -0.547. The lowest BCUT2D eigenvalue weighted by molar-refractivity contribution is 0.0661. The van der Waals surface area contributed by atoms with Crippen LogP contribution >= 0.6 is 37.2 Å². The number of hydrogen-bond acceptors (Lipinski definition) is 5. The van der Waals surface area contributed by atoms with Crippen molar-refractivity contribution < 1.29 is 14.2 Å². The van der Waals surface area contributed by atoms with E-state index in [0.29, 0.717) is 6.54 Å². The summed E-state index contributed by atoms with van der Waals surface area (Å²) in [5.41, 5.74) is 12.2. The third-order valence-corrected chi connectivity index (χ3v) is 6.46. The average molecular weight is 573 g/mol. The molecule has 9 heteroatoms. The van der Waals surface area contributed by atoms with Gasteiger partial charge in [0.2, 0.25) is 0 Å². The maximum atomic E-state index is 13.1. The van der Waals surface area contributed by atoms with Gasteiger partial charge in [-0.05, 0) is 78.9 Å². The van der Waals surface area contributed by atoms with E-state index in [-0.39, 0.29) is 49.6 Å². The van der Waals surface area contributed by atoms with Crippen molar-refractivity contribution in [2.45, 2.75) is 26.4 Å². The Morgan fingerprint density at radius 1 is 0.865 bits per heavy atom. The van der Waals surface area contributed by atoms with Crippen molar-refractivity contribution >= 4 is 48.6 Å². The first-order valence-electron chi connectivity index (χ1n) is 11.9. The molecule has 3 aromatic rings. The molecule has 0 spiro atoms. The van der Waals surface area contributed by atoms with Gasteiger partial charge in [-0.15, -0.1) is 37.2 Å². The van der Waals surface area contributed by atoms with E-state index in [1.54, 1.807) is 0 Å². The third-order valence-electron chi connectivity index (χ3n) is 6.46. The first-order valence-corrected chi connectivity index (χ1v) is 11.9. The number of nitrogens with zero attached hydrogens (tertiary/aromatic N) is 2. The van der Waals surface area contributed by atoms with Crippen molar-refractivity contribution in [3.63, 3.8) is 0 Å². The molecule has 0 radical (unpaired) electrons. The number of aliphatic hydroxyl groups is 1. The smallest absolute Gasteiger partial charge is 0.123 e. The standard InChI is InChI=1S/C28H34FN3O2.3ClH/c1-20-16-28(21(2)15-27(20)30)34-19-26(33)18-31-11-13-32(14-12-31)25-9-5-23(6-10-25)17-22-3-7-24(29)8-4-22;;;/h3-10,15-16,26,33H,11-14,17-19,30H2,1-2H3;3*1H/t26-;;;/m0.../s1. The van der Waals surface area contributed by atoms with Crippen LogP contribution in [0.3, 0.4) is 0 Å². The molecular weight excluding hydrogens is 536 g/mol. The van der Waals surface area contributed by atoms with Crippen LogP contribution in [0.2, 0.25) is 0 Å². The Morgan fingerprint density at radius 2 is 1.43 bits per heavy atom. The molecular formula is C28H37Cl3FN3O2. The summed E-state index contributed by atoms with van der Waals surface area (Å²) in [4.78, 5) is 4.66. The van der Waals surface area contributed by atoms with Crippen molar-refractivity contribution in [1.29, 1.82) is 0 Å². The Hall–Kier alpha value is -2.22. The highest BCUT2D eigenvalue weighted by Gasteiger charge is 2.20. The first-order chi connectivity index (χ1) is 16.4. The van der Waals surface area contributed by atoms with E-state index < -0.39 is 6.10 Å². The molecule has 0 saturated carbocycles. The van der Waals surface area contributed by atoms with Gasteiger partial charge < -0.3 is 20.5 Å². The monoisotopic (exact) mass is 571 g/mol. The lowest BCUT2D eigenvalue weighted by Gasteiger charge is -2.37. The second kappa shape index (κ2) is 15.3. The lowest BCUT2D eigenvalue weighted by atomic mass is 10.0. The molecule has 4 rings (SSSR count). The Bertz CT molecular complexity index is 1090. The number of anilines is 2. The molecule has 1 aliphatic rings. The van der Waals surface area contributed by atoms with Crippen LogP contribution in [-0.2, 0) is 6.42 Å². The third kappa shape index (κ3) is 9.24. The number of β-amino-alcohol motifs (C(OH)–C–C–N with tert-alkyl or cyclic N) is 1. The molecule has 0 unspecified atom stereocenters. The number of aliphatic hydroxyl groups excluding tert-OH is 1. The SMILES string of the molecule is Cc1cc(OC[C@@H](O)CN2CCN(c3ccc(Cc4ccc(F)cc4)cc3)CC2)c(C)cc1N.Cl.Cl.Cl. The number of halogens is 4. The number of aryl methyl sites for hydroxylation is 2. The van der Waals surface area contributed by atoms with Crippen LogP contribution in [-0.4, -0.2) is 55.4 Å². The van der Waals surface area contributed by atoms with E-state index in [9.17, 15) is 9.50 Å². The van der Waals surface area contributed by atoms with Crippen molar-refractivity contribution in [2.24, 2.45) is 0 Å². The largest absolute Gasteiger partial charge is 0.491 e. The second-order valence-corrected chi connectivity index (χ2v) is 9.20. The van der Waals surface area contributed by atoms with E-state index in [4.69, 9.17) is 10.5 Å². The fraction of sp³-hybridized carbons (Fsp3) is 0.357. The zero-order valence-electron chi connectivity index (χ0n) is 21.2. The molecule has 3 aromatic carbocycles. The fourth-order valence-electron chi connectivity index (χ4n) is 4.36. The second-order valence-electron chi connectivity index (χ2n) is 9.20. The number of ether oxygens (including phenoxy) is 1. The maximum absolute atomic E-state index is 13.1. The van der Waals surface area contributed by atoms with Gasteiger partial charge in [-0.1, -0.05) is 24.3 Å². The molecule has 0 amide bonds. The summed E-state index contributed by atoms with van der Waals surface area (Å²) in [5.74, 6) is 0.573. The van der Waals surface area contributed by atoms with Crippen LogP contribution in [0.15, 0.2) is 60.7 Å². The molecule has 37 heavy (non-hydrogen) atoms. The first kappa shape index (κ1) is 32.8. The van der Waals surface area contributed by atoms with Crippen LogP contribution in [0.5, 0.6) is 5.75 Å². The van der Waals surface area contributed by atoms with Gasteiger partial charge in [-0.2, -0.15) is 0 Å². The topological polar surface area (TPSA) is 62.0 Å². The highest BCUT2D eigenvalue weighted by Crippen LogP contribution is 2.24. The van der Waals surface area contributed by atoms with E-state index in [1.807, 2.05) is 38.1 Å². The molecule has 1 heterocycles.